The first-order chi connectivity index (χ1) is 13.2. The number of nitrogens with zero attached hydrogens (tertiary/aromatic N) is 6. The number of aromatic nitrogens is 6. The van der Waals surface area contributed by atoms with E-state index in [4.69, 9.17) is 11.6 Å². The normalized spacial score (nSPS) is 11.4. The van der Waals surface area contributed by atoms with Crippen LogP contribution in [-0.4, -0.2) is 41.0 Å². The maximum atomic E-state index is 9.43. The SMILES string of the molecule is Cn1c(SCc2nc3ccc(Cl)cc3n2CCO)nnc1-c1ccncc1. The quantitative estimate of drug-likeness (QED) is 0.500. The molecule has 4 aromatic rings. The lowest BCUT2D eigenvalue weighted by Gasteiger charge is -2.07. The van der Waals surface area contributed by atoms with Crippen molar-refractivity contribution >= 4 is 34.4 Å². The second-order valence-corrected chi connectivity index (χ2v) is 7.31. The predicted octanol–water partition coefficient (Wildman–Crippen LogP) is 3.16. The highest BCUT2D eigenvalue weighted by molar-refractivity contribution is 7.98. The fourth-order valence-electron chi connectivity index (χ4n) is 2.93. The molecule has 0 fully saturated rings. The maximum Gasteiger partial charge on any atom is 0.191 e. The lowest BCUT2D eigenvalue weighted by molar-refractivity contribution is 0.276. The van der Waals surface area contributed by atoms with Gasteiger partial charge in [-0.05, 0) is 30.3 Å². The third kappa shape index (κ3) is 3.55. The van der Waals surface area contributed by atoms with Gasteiger partial charge < -0.3 is 14.2 Å². The molecular formula is C18H17ClN6OS. The van der Waals surface area contributed by atoms with Gasteiger partial charge in [-0.2, -0.15) is 0 Å². The molecule has 7 nitrogen and oxygen atoms in total. The summed E-state index contributed by atoms with van der Waals surface area (Å²) >= 11 is 7.67. The Labute approximate surface area is 165 Å². The van der Waals surface area contributed by atoms with E-state index in [1.165, 1.54) is 0 Å². The van der Waals surface area contributed by atoms with E-state index in [9.17, 15) is 5.11 Å². The van der Waals surface area contributed by atoms with Crippen molar-refractivity contribution < 1.29 is 5.11 Å². The van der Waals surface area contributed by atoms with Crippen molar-refractivity contribution in [2.45, 2.75) is 17.5 Å². The number of rotatable bonds is 6. The van der Waals surface area contributed by atoms with Crippen LogP contribution in [0, 0.1) is 0 Å². The Bertz CT molecular complexity index is 1080. The van der Waals surface area contributed by atoms with Gasteiger partial charge in [0.25, 0.3) is 0 Å². The number of imidazole rings is 1. The lowest BCUT2D eigenvalue weighted by Crippen LogP contribution is -2.06. The molecule has 0 spiro atoms. The third-order valence-electron chi connectivity index (χ3n) is 4.22. The molecule has 1 N–H and O–H groups in total. The molecule has 0 aliphatic heterocycles. The zero-order chi connectivity index (χ0) is 18.8. The van der Waals surface area contributed by atoms with Crippen LogP contribution in [0.5, 0.6) is 0 Å². The molecule has 9 heteroatoms. The average Bonchev–Trinajstić information content (AvgIpc) is 3.21. The van der Waals surface area contributed by atoms with E-state index in [-0.39, 0.29) is 6.61 Å². The number of aliphatic hydroxyl groups excluding tert-OH is 1. The Kier molecular flexibility index (Phi) is 5.11. The molecule has 0 saturated heterocycles. The molecule has 0 amide bonds. The molecule has 1 aromatic carbocycles. The van der Waals surface area contributed by atoms with Gasteiger partial charge in [0.15, 0.2) is 11.0 Å². The molecule has 0 aliphatic carbocycles. The Morgan fingerprint density at radius 1 is 1.15 bits per heavy atom. The number of thioether (sulfide) groups is 1. The molecule has 27 heavy (non-hydrogen) atoms. The van der Waals surface area contributed by atoms with Gasteiger partial charge in [-0.25, -0.2) is 4.98 Å². The van der Waals surface area contributed by atoms with Crippen molar-refractivity contribution in [1.82, 2.24) is 29.3 Å². The number of pyridine rings is 1. The number of aliphatic hydroxyl groups is 1. The van der Waals surface area contributed by atoms with Crippen LogP contribution in [-0.2, 0) is 19.3 Å². The van der Waals surface area contributed by atoms with Crippen molar-refractivity contribution in [1.29, 1.82) is 0 Å². The molecule has 0 aliphatic rings. The fourth-order valence-corrected chi connectivity index (χ4v) is 3.95. The summed E-state index contributed by atoms with van der Waals surface area (Å²) in [4.78, 5) is 8.72. The molecule has 4 rings (SSSR count). The zero-order valence-corrected chi connectivity index (χ0v) is 16.2. The summed E-state index contributed by atoms with van der Waals surface area (Å²) in [5.41, 5.74) is 2.75. The Morgan fingerprint density at radius 3 is 2.74 bits per heavy atom. The largest absolute Gasteiger partial charge is 0.395 e. The van der Waals surface area contributed by atoms with Crippen LogP contribution in [0.25, 0.3) is 22.4 Å². The number of halogens is 1. The van der Waals surface area contributed by atoms with Gasteiger partial charge in [-0.3, -0.25) is 4.98 Å². The summed E-state index contributed by atoms with van der Waals surface area (Å²) in [6, 6.07) is 9.40. The minimum atomic E-state index is 0.0335. The van der Waals surface area contributed by atoms with E-state index in [1.807, 2.05) is 46.5 Å². The maximum absolute atomic E-state index is 9.43. The van der Waals surface area contributed by atoms with Crippen molar-refractivity contribution in [3.05, 3.63) is 53.6 Å². The van der Waals surface area contributed by atoms with Crippen LogP contribution in [0.3, 0.4) is 0 Å². The first kappa shape index (κ1) is 18.0. The summed E-state index contributed by atoms with van der Waals surface area (Å²) in [6.07, 6.45) is 3.47. The van der Waals surface area contributed by atoms with Crippen LogP contribution in [0.4, 0.5) is 0 Å². The van der Waals surface area contributed by atoms with Crippen LogP contribution < -0.4 is 0 Å². The summed E-state index contributed by atoms with van der Waals surface area (Å²) < 4.78 is 3.95. The Morgan fingerprint density at radius 2 is 1.96 bits per heavy atom. The number of fused-ring (bicyclic) bond motifs is 1. The molecule has 0 atom stereocenters. The van der Waals surface area contributed by atoms with E-state index in [1.54, 1.807) is 24.2 Å². The first-order valence-corrected chi connectivity index (χ1v) is 9.72. The number of benzene rings is 1. The Balaban J connectivity index is 1.61. The molecule has 3 aromatic heterocycles. The zero-order valence-electron chi connectivity index (χ0n) is 14.6. The highest BCUT2D eigenvalue weighted by Gasteiger charge is 2.15. The summed E-state index contributed by atoms with van der Waals surface area (Å²) in [5, 5.41) is 19.5. The van der Waals surface area contributed by atoms with Gasteiger partial charge in [0.2, 0.25) is 0 Å². The highest BCUT2D eigenvalue weighted by Crippen LogP contribution is 2.27. The minimum absolute atomic E-state index is 0.0335. The predicted molar refractivity (Wildman–Crippen MR) is 106 cm³/mol. The van der Waals surface area contributed by atoms with E-state index in [2.05, 4.69) is 20.2 Å². The van der Waals surface area contributed by atoms with Crippen molar-refractivity contribution in [2.75, 3.05) is 6.61 Å². The number of hydrogen-bond donors (Lipinski definition) is 1. The van der Waals surface area contributed by atoms with Crippen LogP contribution >= 0.6 is 23.4 Å². The summed E-state index contributed by atoms with van der Waals surface area (Å²) in [7, 11) is 1.94. The molecule has 0 bridgehead atoms. The van der Waals surface area contributed by atoms with Gasteiger partial charge in [0, 0.05) is 36.6 Å². The van der Waals surface area contributed by atoms with Gasteiger partial charge in [-0.15, -0.1) is 10.2 Å². The third-order valence-corrected chi connectivity index (χ3v) is 5.47. The van der Waals surface area contributed by atoms with Crippen molar-refractivity contribution in [2.24, 2.45) is 7.05 Å². The van der Waals surface area contributed by atoms with Crippen LogP contribution in [0.15, 0.2) is 47.9 Å². The molecule has 0 radical (unpaired) electrons. The highest BCUT2D eigenvalue weighted by atomic mass is 35.5. The van der Waals surface area contributed by atoms with Crippen molar-refractivity contribution in [3.8, 4) is 11.4 Å². The Hall–Kier alpha value is -2.42. The van der Waals surface area contributed by atoms with E-state index < -0.39 is 0 Å². The van der Waals surface area contributed by atoms with Gasteiger partial charge in [-0.1, -0.05) is 23.4 Å². The summed E-state index contributed by atoms with van der Waals surface area (Å²) in [6.45, 7) is 0.500. The van der Waals surface area contributed by atoms with E-state index >= 15 is 0 Å². The van der Waals surface area contributed by atoms with Gasteiger partial charge >= 0.3 is 0 Å². The summed E-state index contributed by atoms with van der Waals surface area (Å²) in [5.74, 6) is 2.25. The topological polar surface area (TPSA) is 81.7 Å². The van der Waals surface area contributed by atoms with Crippen LogP contribution in [0.2, 0.25) is 5.02 Å². The fraction of sp³-hybridized carbons (Fsp3) is 0.222. The van der Waals surface area contributed by atoms with E-state index in [0.717, 1.165) is 33.4 Å². The molecular weight excluding hydrogens is 384 g/mol. The minimum Gasteiger partial charge on any atom is -0.395 e. The lowest BCUT2D eigenvalue weighted by atomic mass is 10.2. The standard InChI is InChI=1S/C18H17ClN6OS/c1-24-17(12-4-6-20-7-5-12)22-23-18(24)27-11-16-21-14-3-2-13(19)10-15(14)25(16)8-9-26/h2-7,10,26H,8-9,11H2,1H3. The van der Waals surface area contributed by atoms with E-state index in [0.29, 0.717) is 17.3 Å². The monoisotopic (exact) mass is 400 g/mol. The second kappa shape index (κ2) is 7.67. The molecule has 0 saturated carbocycles. The van der Waals surface area contributed by atoms with Crippen molar-refractivity contribution in [3.63, 3.8) is 0 Å². The first-order valence-electron chi connectivity index (χ1n) is 8.35. The second-order valence-electron chi connectivity index (χ2n) is 5.93. The smallest absolute Gasteiger partial charge is 0.191 e. The number of hydrogen-bond acceptors (Lipinski definition) is 6. The molecule has 3 heterocycles. The molecule has 0 unspecified atom stereocenters. The van der Waals surface area contributed by atoms with Crippen LogP contribution in [0.1, 0.15) is 5.82 Å². The van der Waals surface area contributed by atoms with Gasteiger partial charge in [0.05, 0.1) is 23.4 Å². The van der Waals surface area contributed by atoms with Gasteiger partial charge in [0.1, 0.15) is 5.82 Å². The molecule has 138 valence electrons. The average molecular weight is 401 g/mol.